The van der Waals surface area contributed by atoms with E-state index < -0.39 is 0 Å². The van der Waals surface area contributed by atoms with Crippen LogP contribution in [0.4, 0.5) is 0 Å². The van der Waals surface area contributed by atoms with E-state index in [0.29, 0.717) is 0 Å². The average molecular weight is 196 g/mol. The fourth-order valence-corrected chi connectivity index (χ4v) is 2.05. The summed E-state index contributed by atoms with van der Waals surface area (Å²) in [6, 6.07) is 8.54. The zero-order valence-electron chi connectivity index (χ0n) is 8.64. The molecule has 1 aromatic heterocycles. The zero-order chi connectivity index (χ0) is 10.3. The molecule has 2 nitrogen and oxygen atoms in total. The molecule has 1 aliphatic carbocycles. The molecule has 0 saturated heterocycles. The van der Waals surface area contributed by atoms with E-state index in [1.54, 1.807) is 0 Å². The summed E-state index contributed by atoms with van der Waals surface area (Å²) in [5, 5.41) is 4.20. The summed E-state index contributed by atoms with van der Waals surface area (Å²) in [6.07, 6.45) is 7.28. The van der Waals surface area contributed by atoms with Crippen LogP contribution in [0.25, 0.3) is 11.6 Å². The quantitative estimate of drug-likeness (QED) is 0.685. The van der Waals surface area contributed by atoms with E-state index in [4.69, 9.17) is 0 Å². The van der Waals surface area contributed by atoms with Crippen molar-refractivity contribution in [2.45, 2.75) is 6.42 Å². The molecule has 15 heavy (non-hydrogen) atoms. The third-order valence-electron chi connectivity index (χ3n) is 2.84. The van der Waals surface area contributed by atoms with Crippen LogP contribution in [0.2, 0.25) is 0 Å². The topological polar surface area (TPSA) is 17.8 Å². The number of hydrogen-bond donors (Lipinski definition) is 0. The summed E-state index contributed by atoms with van der Waals surface area (Å²) in [4.78, 5) is 0. The smallest absolute Gasteiger partial charge is 0.0565 e. The first-order chi connectivity index (χ1) is 7.33. The van der Waals surface area contributed by atoms with E-state index in [1.165, 1.54) is 22.3 Å². The lowest BCUT2D eigenvalue weighted by atomic mass is 10.1. The van der Waals surface area contributed by atoms with Crippen molar-refractivity contribution in [3.63, 3.8) is 0 Å². The lowest BCUT2D eigenvalue weighted by Crippen LogP contribution is -1.85. The van der Waals surface area contributed by atoms with E-state index in [0.717, 1.165) is 6.42 Å². The second-order valence-corrected chi connectivity index (χ2v) is 3.95. The maximum atomic E-state index is 4.20. The number of nitrogens with zero attached hydrogens (tertiary/aromatic N) is 2. The van der Waals surface area contributed by atoms with Crippen molar-refractivity contribution < 1.29 is 0 Å². The Hall–Kier alpha value is -1.83. The largest absolute Gasteiger partial charge is 0.275 e. The summed E-state index contributed by atoms with van der Waals surface area (Å²) in [5.41, 5.74) is 5.35. The van der Waals surface area contributed by atoms with E-state index in [-0.39, 0.29) is 0 Å². The maximum Gasteiger partial charge on any atom is 0.0565 e. The van der Waals surface area contributed by atoms with E-state index in [1.807, 2.05) is 17.9 Å². The average Bonchev–Trinajstić information content (AvgIpc) is 2.82. The van der Waals surface area contributed by atoms with Crippen molar-refractivity contribution in [2.24, 2.45) is 7.05 Å². The van der Waals surface area contributed by atoms with Crippen LogP contribution in [0, 0.1) is 0 Å². The van der Waals surface area contributed by atoms with Gasteiger partial charge in [0.15, 0.2) is 0 Å². The van der Waals surface area contributed by atoms with Gasteiger partial charge in [0.1, 0.15) is 0 Å². The van der Waals surface area contributed by atoms with Crippen molar-refractivity contribution in [3.05, 3.63) is 53.3 Å². The Labute approximate surface area is 88.9 Å². The Morgan fingerprint density at radius 1 is 1.27 bits per heavy atom. The Morgan fingerprint density at radius 3 is 2.87 bits per heavy atom. The van der Waals surface area contributed by atoms with Gasteiger partial charge >= 0.3 is 0 Å². The number of benzene rings is 1. The molecule has 1 aromatic carbocycles. The Kier molecular flexibility index (Phi) is 1.75. The van der Waals surface area contributed by atoms with Crippen LogP contribution < -0.4 is 0 Å². The predicted octanol–water partition coefficient (Wildman–Crippen LogP) is 2.52. The molecule has 1 heterocycles. The van der Waals surface area contributed by atoms with Crippen molar-refractivity contribution >= 4 is 11.6 Å². The fourth-order valence-electron chi connectivity index (χ4n) is 2.05. The highest BCUT2D eigenvalue weighted by molar-refractivity contribution is 5.88. The number of allylic oxidation sites excluding steroid dienone is 1. The van der Waals surface area contributed by atoms with Crippen molar-refractivity contribution in [1.82, 2.24) is 9.78 Å². The van der Waals surface area contributed by atoms with Crippen molar-refractivity contribution in [2.75, 3.05) is 0 Å². The zero-order valence-corrected chi connectivity index (χ0v) is 8.64. The van der Waals surface area contributed by atoms with Gasteiger partial charge in [-0.15, -0.1) is 0 Å². The third kappa shape index (κ3) is 1.38. The molecule has 2 heteroatoms. The number of fused-ring (bicyclic) bond motifs is 1. The lowest BCUT2D eigenvalue weighted by Gasteiger charge is -1.96. The van der Waals surface area contributed by atoms with Gasteiger partial charge in [0.05, 0.1) is 6.20 Å². The molecule has 0 saturated carbocycles. The lowest BCUT2D eigenvalue weighted by molar-refractivity contribution is 0.767. The van der Waals surface area contributed by atoms with Gasteiger partial charge in [-0.05, 0) is 23.1 Å². The van der Waals surface area contributed by atoms with Gasteiger partial charge in [0.2, 0.25) is 0 Å². The SMILES string of the molecule is Cn1cc(C2=Cc3ccccc3C2)cn1. The third-order valence-corrected chi connectivity index (χ3v) is 2.84. The Morgan fingerprint density at radius 2 is 2.13 bits per heavy atom. The Bertz CT molecular complexity index is 535. The van der Waals surface area contributed by atoms with Gasteiger partial charge in [-0.25, -0.2) is 0 Å². The molecule has 0 amide bonds. The minimum absolute atomic E-state index is 1.03. The molecule has 0 N–H and O–H groups in total. The molecule has 0 fully saturated rings. The molecular weight excluding hydrogens is 184 g/mol. The maximum absolute atomic E-state index is 4.20. The molecule has 1 aliphatic rings. The Balaban J connectivity index is 2.01. The van der Waals surface area contributed by atoms with E-state index in [9.17, 15) is 0 Å². The molecular formula is C13H12N2. The van der Waals surface area contributed by atoms with Crippen LogP contribution in [0.1, 0.15) is 16.7 Å². The number of hydrogen-bond acceptors (Lipinski definition) is 1. The molecule has 0 radical (unpaired) electrons. The first kappa shape index (κ1) is 8.48. The van der Waals surface area contributed by atoms with Crippen LogP contribution in [-0.2, 0) is 13.5 Å². The molecule has 74 valence electrons. The minimum Gasteiger partial charge on any atom is -0.275 e. The van der Waals surface area contributed by atoms with Crippen LogP contribution in [0.3, 0.4) is 0 Å². The first-order valence-electron chi connectivity index (χ1n) is 5.10. The van der Waals surface area contributed by atoms with E-state index >= 15 is 0 Å². The second-order valence-electron chi connectivity index (χ2n) is 3.95. The van der Waals surface area contributed by atoms with Crippen molar-refractivity contribution in [1.29, 1.82) is 0 Å². The molecule has 0 aliphatic heterocycles. The van der Waals surface area contributed by atoms with Gasteiger partial charge < -0.3 is 0 Å². The van der Waals surface area contributed by atoms with Crippen LogP contribution in [0.5, 0.6) is 0 Å². The van der Waals surface area contributed by atoms with Gasteiger partial charge in [-0.2, -0.15) is 5.10 Å². The van der Waals surface area contributed by atoms with Crippen molar-refractivity contribution in [3.8, 4) is 0 Å². The van der Waals surface area contributed by atoms with Crippen LogP contribution >= 0.6 is 0 Å². The second kappa shape index (κ2) is 3.09. The molecule has 0 unspecified atom stereocenters. The van der Waals surface area contributed by atoms with Gasteiger partial charge in [0.25, 0.3) is 0 Å². The summed E-state index contributed by atoms with van der Waals surface area (Å²) in [6.45, 7) is 0. The summed E-state index contributed by atoms with van der Waals surface area (Å²) in [5.74, 6) is 0. The van der Waals surface area contributed by atoms with Gasteiger partial charge in [-0.3, -0.25) is 4.68 Å². The number of aromatic nitrogens is 2. The molecule has 0 spiro atoms. The van der Waals surface area contributed by atoms with Gasteiger partial charge in [0, 0.05) is 18.8 Å². The highest BCUT2D eigenvalue weighted by atomic mass is 15.2. The summed E-state index contributed by atoms with van der Waals surface area (Å²) in [7, 11) is 1.95. The summed E-state index contributed by atoms with van der Waals surface area (Å²) >= 11 is 0. The van der Waals surface area contributed by atoms with E-state index in [2.05, 4.69) is 41.6 Å². The summed E-state index contributed by atoms with van der Waals surface area (Å²) < 4.78 is 1.85. The number of rotatable bonds is 1. The molecule has 0 bridgehead atoms. The fraction of sp³-hybridized carbons (Fsp3) is 0.154. The predicted molar refractivity (Wildman–Crippen MR) is 61.2 cm³/mol. The molecule has 2 aromatic rings. The van der Waals surface area contributed by atoms with Gasteiger partial charge in [-0.1, -0.05) is 30.3 Å². The first-order valence-corrected chi connectivity index (χ1v) is 5.10. The van der Waals surface area contributed by atoms with Crippen LogP contribution in [0.15, 0.2) is 36.7 Å². The normalized spacial score (nSPS) is 13.8. The molecule has 3 rings (SSSR count). The standard InChI is InChI=1S/C13H12N2/c1-15-9-13(8-14-15)12-6-10-4-2-3-5-11(10)7-12/h2-6,8-9H,7H2,1H3. The molecule has 0 atom stereocenters. The number of aryl methyl sites for hydroxylation is 1. The highest BCUT2D eigenvalue weighted by Crippen LogP contribution is 2.30. The monoisotopic (exact) mass is 196 g/mol. The highest BCUT2D eigenvalue weighted by Gasteiger charge is 2.13. The minimum atomic E-state index is 1.03. The van der Waals surface area contributed by atoms with Crippen LogP contribution in [-0.4, -0.2) is 9.78 Å².